The molecule has 3 heterocycles. The van der Waals surface area contributed by atoms with Crippen LogP contribution in [0.15, 0.2) is 30.3 Å². The highest BCUT2D eigenvalue weighted by atomic mass is 35.5. The SMILES string of the molecule is Cc1cc(C)n2nc(CC(=O)OCc3nc4ccccc4c(C)c3Cl)nc2n1. The Morgan fingerprint density at radius 2 is 1.93 bits per heavy atom. The molecule has 1 aromatic carbocycles. The van der Waals surface area contributed by atoms with Gasteiger partial charge >= 0.3 is 5.97 Å². The van der Waals surface area contributed by atoms with Crippen molar-refractivity contribution in [2.24, 2.45) is 0 Å². The molecule has 0 saturated heterocycles. The molecular formula is C20H18ClN5O2. The molecule has 0 aliphatic carbocycles. The van der Waals surface area contributed by atoms with Gasteiger partial charge in [0.25, 0.3) is 5.78 Å². The molecule has 0 atom stereocenters. The maximum atomic E-state index is 12.3. The van der Waals surface area contributed by atoms with Crippen LogP contribution in [0.2, 0.25) is 5.02 Å². The number of hydrogen-bond donors (Lipinski definition) is 0. The molecule has 8 heteroatoms. The fourth-order valence-electron chi connectivity index (χ4n) is 3.12. The smallest absolute Gasteiger partial charge is 0.313 e. The predicted molar refractivity (Wildman–Crippen MR) is 105 cm³/mol. The number of halogens is 1. The molecule has 4 aromatic rings. The van der Waals surface area contributed by atoms with Crippen LogP contribution < -0.4 is 0 Å². The van der Waals surface area contributed by atoms with E-state index in [0.29, 0.717) is 22.3 Å². The third-order valence-electron chi connectivity index (χ3n) is 4.48. The molecular weight excluding hydrogens is 378 g/mol. The van der Waals surface area contributed by atoms with Crippen molar-refractivity contribution < 1.29 is 9.53 Å². The number of hydrogen-bond acceptors (Lipinski definition) is 6. The van der Waals surface area contributed by atoms with Gasteiger partial charge in [0, 0.05) is 16.8 Å². The van der Waals surface area contributed by atoms with Gasteiger partial charge in [0.15, 0.2) is 5.82 Å². The highest BCUT2D eigenvalue weighted by molar-refractivity contribution is 6.32. The Labute approximate surface area is 166 Å². The number of benzene rings is 1. The van der Waals surface area contributed by atoms with Gasteiger partial charge in [-0.05, 0) is 38.5 Å². The lowest BCUT2D eigenvalue weighted by molar-refractivity contribution is -0.144. The normalized spacial score (nSPS) is 11.3. The van der Waals surface area contributed by atoms with E-state index in [1.54, 1.807) is 4.52 Å². The Morgan fingerprint density at radius 3 is 2.75 bits per heavy atom. The van der Waals surface area contributed by atoms with Crippen molar-refractivity contribution in [3.05, 3.63) is 63.8 Å². The zero-order valence-corrected chi connectivity index (χ0v) is 16.5. The van der Waals surface area contributed by atoms with E-state index in [1.165, 1.54) is 0 Å². The van der Waals surface area contributed by atoms with Gasteiger partial charge in [-0.25, -0.2) is 14.5 Å². The average molecular weight is 396 g/mol. The molecule has 0 unspecified atom stereocenters. The largest absolute Gasteiger partial charge is 0.459 e. The minimum absolute atomic E-state index is 0.00685. The highest BCUT2D eigenvalue weighted by Gasteiger charge is 2.15. The summed E-state index contributed by atoms with van der Waals surface area (Å²) in [6.07, 6.45) is -0.0496. The Balaban J connectivity index is 1.50. The number of carbonyl (C=O) groups is 1. The van der Waals surface area contributed by atoms with Crippen molar-refractivity contribution in [1.29, 1.82) is 0 Å². The predicted octanol–water partition coefficient (Wildman–Crippen LogP) is 3.54. The quantitative estimate of drug-likeness (QED) is 0.491. The molecule has 0 aliphatic heterocycles. The fourth-order valence-corrected chi connectivity index (χ4v) is 3.32. The highest BCUT2D eigenvalue weighted by Crippen LogP contribution is 2.27. The van der Waals surface area contributed by atoms with Crippen LogP contribution in [0.5, 0.6) is 0 Å². The van der Waals surface area contributed by atoms with Crippen molar-refractivity contribution in [2.75, 3.05) is 0 Å². The summed E-state index contributed by atoms with van der Waals surface area (Å²) >= 11 is 6.41. The van der Waals surface area contributed by atoms with E-state index >= 15 is 0 Å². The van der Waals surface area contributed by atoms with Crippen LogP contribution in [0.3, 0.4) is 0 Å². The second-order valence-electron chi connectivity index (χ2n) is 6.63. The van der Waals surface area contributed by atoms with E-state index in [9.17, 15) is 4.79 Å². The molecule has 0 amide bonds. The van der Waals surface area contributed by atoms with E-state index in [2.05, 4.69) is 20.1 Å². The summed E-state index contributed by atoms with van der Waals surface area (Å²) in [5, 5.41) is 5.81. The van der Waals surface area contributed by atoms with Crippen molar-refractivity contribution in [2.45, 2.75) is 33.8 Å². The first kappa shape index (κ1) is 18.3. The van der Waals surface area contributed by atoms with Gasteiger partial charge in [-0.15, -0.1) is 5.10 Å². The second-order valence-corrected chi connectivity index (χ2v) is 7.01. The van der Waals surface area contributed by atoms with E-state index in [1.807, 2.05) is 51.1 Å². The van der Waals surface area contributed by atoms with Crippen molar-refractivity contribution in [3.8, 4) is 0 Å². The standard InChI is InChI=1S/C20H18ClN5O2/c1-11-8-12(2)26-20(22-11)24-17(25-26)9-18(27)28-10-16-19(21)13(3)14-6-4-5-7-15(14)23-16/h4-8H,9-10H2,1-3H3. The summed E-state index contributed by atoms with van der Waals surface area (Å²) < 4.78 is 6.98. The number of nitrogens with zero attached hydrogens (tertiary/aromatic N) is 5. The van der Waals surface area contributed by atoms with Crippen LogP contribution in [0.25, 0.3) is 16.7 Å². The van der Waals surface area contributed by atoms with Gasteiger partial charge in [0.05, 0.1) is 16.2 Å². The molecule has 0 radical (unpaired) electrons. The summed E-state index contributed by atoms with van der Waals surface area (Å²) in [5.74, 6) is 0.379. The number of esters is 1. The zero-order valence-electron chi connectivity index (χ0n) is 15.7. The van der Waals surface area contributed by atoms with Gasteiger partial charge in [-0.1, -0.05) is 29.8 Å². The maximum absolute atomic E-state index is 12.3. The average Bonchev–Trinajstić information content (AvgIpc) is 3.06. The molecule has 4 rings (SSSR count). The molecule has 142 valence electrons. The van der Waals surface area contributed by atoms with E-state index in [0.717, 1.165) is 27.9 Å². The Morgan fingerprint density at radius 1 is 1.14 bits per heavy atom. The summed E-state index contributed by atoms with van der Waals surface area (Å²) in [4.78, 5) is 25.4. The third-order valence-corrected chi connectivity index (χ3v) is 4.98. The number of fused-ring (bicyclic) bond motifs is 2. The van der Waals surface area contributed by atoms with E-state index in [-0.39, 0.29) is 13.0 Å². The lowest BCUT2D eigenvalue weighted by Gasteiger charge is -2.10. The topological polar surface area (TPSA) is 82.3 Å². The molecule has 0 spiro atoms. The van der Waals surface area contributed by atoms with Crippen molar-refractivity contribution >= 4 is 34.3 Å². The van der Waals surface area contributed by atoms with Gasteiger partial charge in [-0.2, -0.15) is 4.98 Å². The van der Waals surface area contributed by atoms with Crippen molar-refractivity contribution in [1.82, 2.24) is 24.6 Å². The van der Waals surface area contributed by atoms with Crippen molar-refractivity contribution in [3.63, 3.8) is 0 Å². The van der Waals surface area contributed by atoms with Crippen LogP contribution in [-0.4, -0.2) is 30.5 Å². The van der Waals surface area contributed by atoms with E-state index in [4.69, 9.17) is 16.3 Å². The molecule has 0 fully saturated rings. The van der Waals surface area contributed by atoms with Crippen LogP contribution in [0.1, 0.15) is 28.5 Å². The van der Waals surface area contributed by atoms with Gasteiger partial charge < -0.3 is 4.74 Å². The Bertz CT molecular complexity index is 1220. The number of rotatable bonds is 4. The minimum Gasteiger partial charge on any atom is -0.459 e. The molecule has 7 nitrogen and oxygen atoms in total. The number of para-hydroxylation sites is 1. The Hall–Kier alpha value is -3.06. The van der Waals surface area contributed by atoms with E-state index < -0.39 is 5.97 Å². The number of pyridine rings is 1. The van der Waals surface area contributed by atoms with Crippen LogP contribution in [-0.2, 0) is 22.6 Å². The van der Waals surface area contributed by atoms with Crippen LogP contribution in [0, 0.1) is 20.8 Å². The fraction of sp³-hybridized carbons (Fsp3) is 0.250. The molecule has 0 saturated carbocycles. The maximum Gasteiger partial charge on any atom is 0.313 e. The first-order valence-electron chi connectivity index (χ1n) is 8.81. The molecule has 28 heavy (non-hydrogen) atoms. The van der Waals surface area contributed by atoms with Crippen LogP contribution in [0.4, 0.5) is 0 Å². The third kappa shape index (κ3) is 3.41. The number of aryl methyl sites for hydroxylation is 3. The molecule has 0 N–H and O–H groups in total. The molecule has 3 aromatic heterocycles. The summed E-state index contributed by atoms with van der Waals surface area (Å²) in [5.41, 5.74) is 4.00. The lowest BCUT2D eigenvalue weighted by atomic mass is 10.1. The van der Waals surface area contributed by atoms with Crippen LogP contribution >= 0.6 is 11.6 Å². The molecule has 0 bridgehead atoms. The zero-order chi connectivity index (χ0) is 19.8. The minimum atomic E-state index is -0.450. The monoisotopic (exact) mass is 395 g/mol. The van der Waals surface area contributed by atoms with Gasteiger partial charge in [-0.3, -0.25) is 4.79 Å². The number of aromatic nitrogens is 5. The summed E-state index contributed by atoms with van der Waals surface area (Å²) in [7, 11) is 0. The first-order chi connectivity index (χ1) is 13.4. The van der Waals surface area contributed by atoms with Gasteiger partial charge in [0.1, 0.15) is 13.0 Å². The lowest BCUT2D eigenvalue weighted by Crippen LogP contribution is -2.10. The van der Waals surface area contributed by atoms with Gasteiger partial charge in [0.2, 0.25) is 0 Å². The number of ether oxygens (including phenoxy) is 1. The summed E-state index contributed by atoms with van der Waals surface area (Å²) in [6.45, 7) is 5.72. The Kier molecular flexibility index (Phi) is 4.68. The second kappa shape index (κ2) is 7.16. The first-order valence-corrected chi connectivity index (χ1v) is 9.19. The molecule has 0 aliphatic rings. The summed E-state index contributed by atoms with van der Waals surface area (Å²) in [6, 6.07) is 9.62. The number of carbonyl (C=O) groups excluding carboxylic acids is 1.